The number of carbonyl (C=O) groups excluding carboxylic acids is 1. The van der Waals surface area contributed by atoms with E-state index in [1.54, 1.807) is 11.0 Å². The van der Waals surface area contributed by atoms with Crippen molar-refractivity contribution >= 4 is 56.0 Å². The molecule has 1 fully saturated rings. The first-order chi connectivity index (χ1) is 13.5. The van der Waals surface area contributed by atoms with Crippen LogP contribution in [0.2, 0.25) is 5.02 Å². The minimum absolute atomic E-state index is 0.0300. The van der Waals surface area contributed by atoms with Gasteiger partial charge in [-0.1, -0.05) is 11.6 Å². The van der Waals surface area contributed by atoms with Crippen LogP contribution in [0.1, 0.15) is 26.3 Å². The van der Waals surface area contributed by atoms with Gasteiger partial charge in [0, 0.05) is 31.6 Å². The maximum Gasteiger partial charge on any atom is 0.410 e. The van der Waals surface area contributed by atoms with Gasteiger partial charge in [-0.05, 0) is 42.8 Å². The Morgan fingerprint density at radius 2 is 2.00 bits per heavy atom. The summed E-state index contributed by atoms with van der Waals surface area (Å²) in [6.45, 7) is 7.03. The fourth-order valence-corrected chi connectivity index (χ4v) is 3.68. The number of nitrogens with zero attached hydrogens (tertiary/aromatic N) is 4. The fourth-order valence-electron chi connectivity index (χ4n) is 3.19. The van der Waals surface area contributed by atoms with Crippen LogP contribution in [0.4, 0.5) is 20.7 Å². The average molecular weight is 485 g/mol. The lowest BCUT2D eigenvalue weighted by Gasteiger charge is -2.37. The van der Waals surface area contributed by atoms with Crippen LogP contribution in [0.15, 0.2) is 10.5 Å². The van der Waals surface area contributed by atoms with Crippen LogP contribution in [0.25, 0.3) is 10.9 Å². The number of halogens is 3. The molecule has 0 radical (unpaired) electrons. The lowest BCUT2D eigenvalue weighted by atomic mass is 10.1. The molecule has 10 heteroatoms. The van der Waals surface area contributed by atoms with Gasteiger partial charge >= 0.3 is 6.09 Å². The summed E-state index contributed by atoms with van der Waals surface area (Å²) in [7, 11) is 0. The molecule has 1 amide bonds. The Bertz CT molecular complexity index is 1030. The summed E-state index contributed by atoms with van der Waals surface area (Å²) in [4.78, 5) is 19.9. The van der Waals surface area contributed by atoms with Crippen molar-refractivity contribution in [2.45, 2.75) is 26.4 Å². The number of ether oxygens (including phenoxy) is 1. The number of fused-ring (bicyclic) bond motifs is 1. The molecular formula is C19H20BrClFN5O2. The Balaban J connectivity index is 1.98. The van der Waals surface area contributed by atoms with E-state index in [1.807, 2.05) is 25.7 Å². The molecule has 0 unspecified atom stereocenters. The quantitative estimate of drug-likeness (QED) is 0.606. The second-order valence-electron chi connectivity index (χ2n) is 7.67. The minimum Gasteiger partial charge on any atom is -0.444 e. The molecule has 2 aromatic rings. The molecule has 154 valence electrons. The zero-order chi connectivity index (χ0) is 21.5. The highest BCUT2D eigenvalue weighted by Crippen LogP contribution is 2.39. The normalized spacial score (nSPS) is 14.8. The van der Waals surface area contributed by atoms with Gasteiger partial charge in [0.05, 0.1) is 15.2 Å². The molecule has 3 rings (SSSR count). The first-order valence-electron chi connectivity index (χ1n) is 8.93. The molecule has 0 aliphatic carbocycles. The molecule has 0 spiro atoms. The van der Waals surface area contributed by atoms with Crippen LogP contribution >= 0.6 is 27.5 Å². The van der Waals surface area contributed by atoms with Crippen molar-refractivity contribution in [1.29, 1.82) is 5.26 Å². The summed E-state index contributed by atoms with van der Waals surface area (Å²) in [5.41, 5.74) is 6.01. The Kier molecular flexibility index (Phi) is 5.79. The van der Waals surface area contributed by atoms with Crippen LogP contribution < -0.4 is 10.6 Å². The number of aromatic nitrogens is 1. The number of carbonyl (C=O) groups is 1. The van der Waals surface area contributed by atoms with Crippen molar-refractivity contribution in [3.8, 4) is 6.07 Å². The van der Waals surface area contributed by atoms with Gasteiger partial charge in [-0.3, -0.25) is 0 Å². The number of amides is 1. The highest BCUT2D eigenvalue weighted by atomic mass is 79.9. The van der Waals surface area contributed by atoms with E-state index in [-0.39, 0.29) is 26.4 Å². The van der Waals surface area contributed by atoms with E-state index in [4.69, 9.17) is 22.1 Å². The number of anilines is 2. The lowest BCUT2D eigenvalue weighted by Crippen LogP contribution is -2.50. The second-order valence-corrected chi connectivity index (χ2v) is 8.87. The number of hydrogen-bond donors (Lipinski definition) is 1. The number of pyridine rings is 1. The van der Waals surface area contributed by atoms with E-state index >= 15 is 0 Å². The van der Waals surface area contributed by atoms with Gasteiger partial charge in [0.25, 0.3) is 0 Å². The van der Waals surface area contributed by atoms with Gasteiger partial charge in [-0.25, -0.2) is 14.2 Å². The summed E-state index contributed by atoms with van der Waals surface area (Å²) in [6.07, 6.45) is -0.394. The number of nitriles is 1. The highest BCUT2D eigenvalue weighted by molar-refractivity contribution is 9.10. The molecular weight excluding hydrogens is 465 g/mol. The predicted octanol–water partition coefficient (Wildman–Crippen LogP) is 4.30. The first-order valence-corrected chi connectivity index (χ1v) is 10.1. The maximum atomic E-state index is 14.7. The van der Waals surface area contributed by atoms with Gasteiger partial charge in [0.2, 0.25) is 0 Å². The lowest BCUT2D eigenvalue weighted by molar-refractivity contribution is 0.0240. The standard InChI is InChI=1S/C19H20BrClFN5O2/c1-19(2,3)29-18(28)27-6-4-26(5-7-27)16-10-8-12(21)13(20)14(22)15(10)25-17(24)11(16)9-23/h8H,4-7H2,1-3H3,(H2,24,25). The van der Waals surface area contributed by atoms with Crippen LogP contribution in [0, 0.1) is 17.1 Å². The predicted molar refractivity (Wildman–Crippen MR) is 114 cm³/mol. The van der Waals surface area contributed by atoms with Crippen molar-refractivity contribution in [1.82, 2.24) is 9.88 Å². The maximum absolute atomic E-state index is 14.7. The third-order valence-electron chi connectivity index (χ3n) is 4.48. The van der Waals surface area contributed by atoms with Crippen molar-refractivity contribution in [3.63, 3.8) is 0 Å². The molecule has 0 saturated carbocycles. The van der Waals surface area contributed by atoms with Crippen LogP contribution in [-0.4, -0.2) is 47.8 Å². The zero-order valence-corrected chi connectivity index (χ0v) is 18.6. The number of hydrogen-bond acceptors (Lipinski definition) is 6. The molecule has 1 aromatic heterocycles. The minimum atomic E-state index is -0.641. The molecule has 1 aliphatic heterocycles. The van der Waals surface area contributed by atoms with E-state index in [9.17, 15) is 14.4 Å². The van der Waals surface area contributed by atoms with Gasteiger partial charge in [-0.15, -0.1) is 0 Å². The van der Waals surface area contributed by atoms with Crippen LogP contribution in [0.5, 0.6) is 0 Å². The summed E-state index contributed by atoms with van der Waals surface area (Å²) in [5.74, 6) is -0.699. The number of piperazine rings is 1. The number of rotatable bonds is 1. The van der Waals surface area contributed by atoms with Gasteiger partial charge < -0.3 is 20.3 Å². The molecule has 2 N–H and O–H groups in total. The smallest absolute Gasteiger partial charge is 0.410 e. The molecule has 7 nitrogen and oxygen atoms in total. The number of nitrogens with two attached hydrogens (primary N) is 1. The zero-order valence-electron chi connectivity index (χ0n) is 16.2. The van der Waals surface area contributed by atoms with Crippen molar-refractivity contribution in [2.75, 3.05) is 36.8 Å². The van der Waals surface area contributed by atoms with Crippen molar-refractivity contribution in [2.24, 2.45) is 0 Å². The van der Waals surface area contributed by atoms with Crippen LogP contribution in [-0.2, 0) is 4.74 Å². The second kappa shape index (κ2) is 7.84. The molecule has 1 saturated heterocycles. The van der Waals surface area contributed by atoms with Crippen molar-refractivity contribution in [3.05, 3.63) is 26.9 Å². The fraction of sp³-hybridized carbons (Fsp3) is 0.421. The summed E-state index contributed by atoms with van der Waals surface area (Å²) in [6, 6.07) is 3.62. The number of nitrogen functional groups attached to an aromatic ring is 1. The van der Waals surface area contributed by atoms with E-state index in [0.717, 1.165) is 0 Å². The Hall–Kier alpha value is -2.31. The third kappa shape index (κ3) is 4.19. The molecule has 2 heterocycles. The van der Waals surface area contributed by atoms with E-state index in [1.165, 1.54) is 0 Å². The largest absolute Gasteiger partial charge is 0.444 e. The Morgan fingerprint density at radius 1 is 1.38 bits per heavy atom. The van der Waals surface area contributed by atoms with E-state index < -0.39 is 17.5 Å². The monoisotopic (exact) mass is 483 g/mol. The first kappa shape index (κ1) is 21.4. The van der Waals surface area contributed by atoms with Crippen LogP contribution in [0.3, 0.4) is 0 Å². The van der Waals surface area contributed by atoms with Gasteiger partial charge in [0.15, 0.2) is 5.82 Å². The Morgan fingerprint density at radius 3 is 2.55 bits per heavy atom. The summed E-state index contributed by atoms with van der Waals surface area (Å²) < 4.78 is 20.2. The van der Waals surface area contributed by atoms with E-state index in [0.29, 0.717) is 37.3 Å². The van der Waals surface area contributed by atoms with Gasteiger partial charge in [0.1, 0.15) is 28.6 Å². The SMILES string of the molecule is CC(C)(C)OC(=O)N1CCN(c2c(C#N)c(N)nc3c(F)c(Br)c(Cl)cc23)CC1. The third-order valence-corrected chi connectivity index (χ3v) is 5.78. The van der Waals surface area contributed by atoms with Crippen molar-refractivity contribution < 1.29 is 13.9 Å². The van der Waals surface area contributed by atoms with E-state index in [2.05, 4.69) is 27.0 Å². The highest BCUT2D eigenvalue weighted by Gasteiger charge is 2.29. The molecule has 29 heavy (non-hydrogen) atoms. The molecule has 1 aromatic carbocycles. The molecule has 0 bridgehead atoms. The Labute approximate surface area is 181 Å². The number of benzene rings is 1. The average Bonchev–Trinajstić information content (AvgIpc) is 2.65. The molecule has 0 atom stereocenters. The van der Waals surface area contributed by atoms with Gasteiger partial charge in [-0.2, -0.15) is 5.26 Å². The molecule has 1 aliphatic rings. The topological polar surface area (TPSA) is 95.5 Å². The summed E-state index contributed by atoms with van der Waals surface area (Å²) in [5, 5.41) is 10.2. The summed E-state index contributed by atoms with van der Waals surface area (Å²) >= 11 is 9.25.